The first-order chi connectivity index (χ1) is 6.76. The van der Waals surface area contributed by atoms with E-state index >= 15 is 0 Å². The van der Waals surface area contributed by atoms with Gasteiger partial charge in [-0.3, -0.25) is 0 Å². The van der Waals surface area contributed by atoms with Crippen LogP contribution in [0.4, 0.5) is 0 Å². The summed E-state index contributed by atoms with van der Waals surface area (Å²) in [5.74, 6) is 1.08. The smallest absolute Gasteiger partial charge is 0.121 e. The second-order valence-electron chi connectivity index (χ2n) is 4.60. The van der Waals surface area contributed by atoms with Gasteiger partial charge in [0.15, 0.2) is 0 Å². The summed E-state index contributed by atoms with van der Waals surface area (Å²) in [6.45, 7) is 2.36. The summed E-state index contributed by atoms with van der Waals surface area (Å²) in [5, 5.41) is 3.39. The zero-order valence-electron chi connectivity index (χ0n) is 9.05. The van der Waals surface area contributed by atoms with Crippen molar-refractivity contribution in [3.63, 3.8) is 0 Å². The lowest BCUT2D eigenvalue weighted by Gasteiger charge is -2.32. The highest BCUT2D eigenvalue weighted by molar-refractivity contribution is 5.09. The Morgan fingerprint density at radius 3 is 2.64 bits per heavy atom. The first-order valence-corrected chi connectivity index (χ1v) is 5.47. The van der Waals surface area contributed by atoms with Crippen LogP contribution in [-0.4, -0.2) is 7.05 Å². The zero-order valence-corrected chi connectivity index (χ0v) is 9.05. The molecular formula is C12H19NO. The van der Waals surface area contributed by atoms with E-state index in [-0.39, 0.29) is 0 Å². The van der Waals surface area contributed by atoms with E-state index in [4.69, 9.17) is 4.42 Å². The predicted octanol–water partition coefficient (Wildman–Crippen LogP) is 3.12. The molecule has 0 radical (unpaired) electrons. The highest BCUT2D eigenvalue weighted by atomic mass is 16.3. The molecule has 0 aromatic carbocycles. The van der Waals surface area contributed by atoms with E-state index in [0.717, 1.165) is 5.76 Å². The average molecular weight is 193 g/mol. The molecule has 1 N–H and O–H groups in total. The van der Waals surface area contributed by atoms with Gasteiger partial charge in [0.1, 0.15) is 5.76 Å². The van der Waals surface area contributed by atoms with Crippen LogP contribution in [0.2, 0.25) is 0 Å². The molecule has 0 aliphatic heterocycles. The zero-order chi connectivity index (χ0) is 10.0. The molecule has 2 heteroatoms. The summed E-state index contributed by atoms with van der Waals surface area (Å²) in [6, 6.07) is 4.42. The number of rotatable bonds is 3. The fraction of sp³-hybridized carbons (Fsp3) is 0.667. The molecule has 1 aliphatic rings. The Balaban J connectivity index is 2.20. The van der Waals surface area contributed by atoms with Gasteiger partial charge in [0.05, 0.1) is 12.3 Å². The molecule has 0 spiro atoms. The van der Waals surface area contributed by atoms with E-state index in [1.165, 1.54) is 25.7 Å². The highest BCUT2D eigenvalue weighted by Gasteiger charge is 2.38. The third-order valence-electron chi connectivity index (χ3n) is 3.56. The van der Waals surface area contributed by atoms with Crippen molar-refractivity contribution in [2.75, 3.05) is 7.05 Å². The highest BCUT2D eigenvalue weighted by Crippen LogP contribution is 2.46. The lowest BCUT2D eigenvalue weighted by atomic mass is 9.79. The number of hydrogen-bond donors (Lipinski definition) is 1. The van der Waals surface area contributed by atoms with E-state index in [0.29, 0.717) is 11.5 Å². The molecule has 14 heavy (non-hydrogen) atoms. The third-order valence-corrected chi connectivity index (χ3v) is 3.56. The molecule has 78 valence electrons. The van der Waals surface area contributed by atoms with E-state index < -0.39 is 0 Å². The van der Waals surface area contributed by atoms with Crippen molar-refractivity contribution < 1.29 is 4.42 Å². The average Bonchev–Trinajstić information content (AvgIpc) is 2.78. The molecule has 1 aliphatic carbocycles. The SMILES string of the molecule is CNC(c1ccco1)C1(C)CCCC1. The predicted molar refractivity (Wildman–Crippen MR) is 57.1 cm³/mol. The Hall–Kier alpha value is -0.760. The van der Waals surface area contributed by atoms with Gasteiger partial charge in [0.2, 0.25) is 0 Å². The van der Waals surface area contributed by atoms with E-state index in [1.807, 2.05) is 13.1 Å². The summed E-state index contributed by atoms with van der Waals surface area (Å²) < 4.78 is 5.50. The van der Waals surface area contributed by atoms with Crippen LogP contribution in [0.15, 0.2) is 22.8 Å². The van der Waals surface area contributed by atoms with Gasteiger partial charge in [-0.05, 0) is 37.4 Å². The lowest BCUT2D eigenvalue weighted by Crippen LogP contribution is -2.31. The fourth-order valence-corrected chi connectivity index (χ4v) is 2.76. The van der Waals surface area contributed by atoms with Crippen molar-refractivity contribution >= 4 is 0 Å². The maximum atomic E-state index is 5.50. The van der Waals surface area contributed by atoms with E-state index in [2.05, 4.69) is 18.3 Å². The van der Waals surface area contributed by atoms with Crippen molar-refractivity contribution in [1.29, 1.82) is 0 Å². The summed E-state index contributed by atoms with van der Waals surface area (Å²) >= 11 is 0. The first-order valence-electron chi connectivity index (χ1n) is 5.47. The lowest BCUT2D eigenvalue weighted by molar-refractivity contribution is 0.206. The molecule has 2 rings (SSSR count). The van der Waals surface area contributed by atoms with Crippen molar-refractivity contribution in [3.05, 3.63) is 24.2 Å². The minimum Gasteiger partial charge on any atom is -0.468 e. The Labute approximate surface area is 85.7 Å². The molecule has 1 saturated carbocycles. The van der Waals surface area contributed by atoms with Crippen LogP contribution in [0, 0.1) is 5.41 Å². The van der Waals surface area contributed by atoms with Crippen LogP contribution in [0.1, 0.15) is 44.4 Å². The van der Waals surface area contributed by atoms with Crippen LogP contribution in [0.5, 0.6) is 0 Å². The number of nitrogens with one attached hydrogen (secondary N) is 1. The summed E-state index contributed by atoms with van der Waals surface area (Å²) in [5.41, 5.74) is 0.382. The monoisotopic (exact) mass is 193 g/mol. The standard InChI is InChI=1S/C12H19NO/c1-12(7-3-4-8-12)11(13-2)10-6-5-9-14-10/h5-6,9,11,13H,3-4,7-8H2,1-2H3. The van der Waals surface area contributed by atoms with Gasteiger partial charge in [-0.1, -0.05) is 19.8 Å². The van der Waals surface area contributed by atoms with Crippen LogP contribution in [0.3, 0.4) is 0 Å². The first kappa shape index (κ1) is 9.78. The van der Waals surface area contributed by atoms with Crippen LogP contribution in [0.25, 0.3) is 0 Å². The number of hydrogen-bond acceptors (Lipinski definition) is 2. The molecular weight excluding hydrogens is 174 g/mol. The Kier molecular flexibility index (Phi) is 2.64. The van der Waals surface area contributed by atoms with Crippen molar-refractivity contribution in [3.8, 4) is 0 Å². The van der Waals surface area contributed by atoms with Crippen molar-refractivity contribution in [2.24, 2.45) is 5.41 Å². The Bertz CT molecular complexity index is 273. The summed E-state index contributed by atoms with van der Waals surface area (Å²) in [6.07, 6.45) is 7.08. The molecule has 1 fully saturated rings. The van der Waals surface area contributed by atoms with Crippen molar-refractivity contribution in [1.82, 2.24) is 5.32 Å². The molecule has 1 heterocycles. The molecule has 1 unspecified atom stereocenters. The molecule has 0 saturated heterocycles. The number of furan rings is 1. The largest absolute Gasteiger partial charge is 0.468 e. The molecule has 0 bridgehead atoms. The molecule has 1 atom stereocenters. The van der Waals surface area contributed by atoms with Gasteiger partial charge in [-0.15, -0.1) is 0 Å². The van der Waals surface area contributed by atoms with Gasteiger partial charge < -0.3 is 9.73 Å². The van der Waals surface area contributed by atoms with Gasteiger partial charge in [0.25, 0.3) is 0 Å². The molecule has 1 aromatic rings. The fourth-order valence-electron chi connectivity index (χ4n) is 2.76. The quantitative estimate of drug-likeness (QED) is 0.798. The summed E-state index contributed by atoms with van der Waals surface area (Å²) in [7, 11) is 2.02. The van der Waals surface area contributed by atoms with Crippen LogP contribution >= 0.6 is 0 Å². The van der Waals surface area contributed by atoms with Gasteiger partial charge in [-0.2, -0.15) is 0 Å². The van der Waals surface area contributed by atoms with Gasteiger partial charge in [0, 0.05) is 0 Å². The molecule has 2 nitrogen and oxygen atoms in total. The molecule has 0 amide bonds. The van der Waals surface area contributed by atoms with Crippen LogP contribution in [-0.2, 0) is 0 Å². The topological polar surface area (TPSA) is 25.2 Å². The van der Waals surface area contributed by atoms with Crippen molar-refractivity contribution in [2.45, 2.75) is 38.6 Å². The normalized spacial score (nSPS) is 22.4. The molecule has 1 aromatic heterocycles. The Morgan fingerprint density at radius 1 is 1.43 bits per heavy atom. The van der Waals surface area contributed by atoms with Gasteiger partial charge in [-0.25, -0.2) is 0 Å². The minimum absolute atomic E-state index is 0.375. The van der Waals surface area contributed by atoms with E-state index in [1.54, 1.807) is 6.26 Å². The second-order valence-corrected chi connectivity index (χ2v) is 4.60. The minimum atomic E-state index is 0.375. The second kappa shape index (κ2) is 3.77. The Morgan fingerprint density at radius 2 is 2.14 bits per heavy atom. The van der Waals surface area contributed by atoms with E-state index in [9.17, 15) is 0 Å². The van der Waals surface area contributed by atoms with Crippen LogP contribution < -0.4 is 5.32 Å². The maximum Gasteiger partial charge on any atom is 0.121 e. The third kappa shape index (κ3) is 1.59. The van der Waals surface area contributed by atoms with Gasteiger partial charge >= 0.3 is 0 Å². The maximum absolute atomic E-state index is 5.50. The summed E-state index contributed by atoms with van der Waals surface area (Å²) in [4.78, 5) is 0.